The highest BCUT2D eigenvalue weighted by Gasteiger charge is 2.01. The maximum absolute atomic E-state index is 5.48. The molecule has 1 heterocycles. The second-order valence-corrected chi connectivity index (χ2v) is 4.66. The number of nitrogens with zero attached hydrogens (tertiary/aromatic N) is 1. The summed E-state index contributed by atoms with van der Waals surface area (Å²) < 4.78 is 5.48. The Labute approximate surface area is 112 Å². The lowest BCUT2D eigenvalue weighted by Gasteiger charge is -1.98. The van der Waals surface area contributed by atoms with Gasteiger partial charge in [-0.05, 0) is 42.8 Å². The predicted octanol–water partition coefficient (Wildman–Crippen LogP) is 4.80. The first-order chi connectivity index (χ1) is 9.22. The molecular weight excluding hydrogens is 234 g/mol. The molecule has 1 aromatic heterocycles. The second-order valence-electron chi connectivity index (χ2n) is 4.66. The Kier molecular flexibility index (Phi) is 2.92. The monoisotopic (exact) mass is 249 g/mol. The third-order valence-electron chi connectivity index (χ3n) is 3.17. The molecule has 0 spiro atoms. The van der Waals surface area contributed by atoms with Crippen LogP contribution in [0.15, 0.2) is 57.9 Å². The van der Waals surface area contributed by atoms with Crippen LogP contribution in [0.1, 0.15) is 17.1 Å². The fourth-order valence-electron chi connectivity index (χ4n) is 2.18. The summed E-state index contributed by atoms with van der Waals surface area (Å²) in [6.07, 6.45) is 1.86. The normalized spacial score (nSPS) is 11.5. The molecule has 0 saturated carbocycles. The van der Waals surface area contributed by atoms with Gasteiger partial charge in [-0.1, -0.05) is 30.3 Å². The van der Waals surface area contributed by atoms with E-state index >= 15 is 0 Å². The van der Waals surface area contributed by atoms with Crippen LogP contribution in [0.5, 0.6) is 0 Å². The van der Waals surface area contributed by atoms with Gasteiger partial charge in [0.25, 0.3) is 0 Å². The van der Waals surface area contributed by atoms with Gasteiger partial charge in [0.2, 0.25) is 0 Å². The molecule has 0 fully saturated rings. The number of rotatable bonds is 2. The zero-order valence-corrected chi connectivity index (χ0v) is 11.1. The fourth-order valence-corrected chi connectivity index (χ4v) is 2.18. The minimum atomic E-state index is 0.905. The van der Waals surface area contributed by atoms with Gasteiger partial charge < -0.3 is 4.42 Å². The van der Waals surface area contributed by atoms with Crippen LogP contribution in [0, 0.1) is 13.8 Å². The lowest BCUT2D eigenvalue weighted by Crippen LogP contribution is -1.79. The van der Waals surface area contributed by atoms with Gasteiger partial charge >= 0.3 is 0 Å². The Morgan fingerprint density at radius 3 is 2.47 bits per heavy atom. The molecule has 3 rings (SSSR count). The van der Waals surface area contributed by atoms with Crippen LogP contribution in [0.2, 0.25) is 0 Å². The third-order valence-corrected chi connectivity index (χ3v) is 3.17. The molecule has 0 bridgehead atoms. The summed E-state index contributed by atoms with van der Waals surface area (Å²) in [6.45, 7) is 3.90. The number of hydrogen-bond acceptors (Lipinski definition) is 2. The van der Waals surface area contributed by atoms with E-state index in [1.807, 2.05) is 44.3 Å². The van der Waals surface area contributed by atoms with Crippen LogP contribution in [0.3, 0.4) is 0 Å². The van der Waals surface area contributed by atoms with Gasteiger partial charge in [0.1, 0.15) is 11.5 Å². The van der Waals surface area contributed by atoms with Gasteiger partial charge in [-0.25, -0.2) is 0 Å². The maximum Gasteiger partial charge on any atom is 0.109 e. The Bertz CT molecular complexity index is 753. The summed E-state index contributed by atoms with van der Waals surface area (Å²) in [7, 11) is 0. The number of fused-ring (bicyclic) bond motifs is 1. The van der Waals surface area contributed by atoms with E-state index in [4.69, 9.17) is 4.42 Å². The van der Waals surface area contributed by atoms with Crippen molar-refractivity contribution in [1.29, 1.82) is 0 Å². The summed E-state index contributed by atoms with van der Waals surface area (Å²) in [4.78, 5) is 4.52. The van der Waals surface area contributed by atoms with Crippen molar-refractivity contribution in [2.24, 2.45) is 4.99 Å². The highest BCUT2D eigenvalue weighted by Crippen LogP contribution is 2.21. The van der Waals surface area contributed by atoms with Crippen molar-refractivity contribution in [2.75, 3.05) is 0 Å². The quantitative estimate of drug-likeness (QED) is 0.599. The molecule has 94 valence electrons. The average molecular weight is 249 g/mol. The van der Waals surface area contributed by atoms with Gasteiger partial charge in [0.15, 0.2) is 0 Å². The van der Waals surface area contributed by atoms with Gasteiger partial charge in [-0.15, -0.1) is 0 Å². The number of hydrogen-bond donors (Lipinski definition) is 0. The third kappa shape index (κ3) is 2.43. The average Bonchev–Trinajstić information content (AvgIpc) is 2.74. The van der Waals surface area contributed by atoms with Crippen molar-refractivity contribution in [2.45, 2.75) is 13.8 Å². The van der Waals surface area contributed by atoms with Crippen LogP contribution in [-0.2, 0) is 0 Å². The fraction of sp³-hybridized carbons (Fsp3) is 0.118. The van der Waals surface area contributed by atoms with Crippen LogP contribution < -0.4 is 0 Å². The molecule has 0 aliphatic heterocycles. The lowest BCUT2D eigenvalue weighted by molar-refractivity contribution is 0.504. The summed E-state index contributed by atoms with van der Waals surface area (Å²) in [5, 5.41) is 2.44. The Morgan fingerprint density at radius 1 is 0.947 bits per heavy atom. The predicted molar refractivity (Wildman–Crippen MR) is 79.4 cm³/mol. The molecule has 0 atom stereocenters. The molecule has 0 aliphatic carbocycles. The minimum Gasteiger partial charge on any atom is -0.466 e. The zero-order chi connectivity index (χ0) is 13.2. The van der Waals surface area contributed by atoms with Crippen molar-refractivity contribution in [3.05, 3.63) is 65.6 Å². The van der Waals surface area contributed by atoms with Crippen molar-refractivity contribution >= 4 is 22.7 Å². The molecule has 0 aliphatic rings. The highest BCUT2D eigenvalue weighted by molar-refractivity contribution is 5.88. The SMILES string of the molecule is Cc1cc(C=Nc2ccc3ccccc3c2)c(C)o1. The number of aryl methyl sites for hydroxylation is 2. The first kappa shape index (κ1) is 11.7. The van der Waals surface area contributed by atoms with Crippen LogP contribution in [0.25, 0.3) is 10.8 Å². The summed E-state index contributed by atoms with van der Waals surface area (Å²) >= 11 is 0. The smallest absolute Gasteiger partial charge is 0.109 e. The highest BCUT2D eigenvalue weighted by atomic mass is 16.3. The molecule has 2 heteroatoms. The van der Waals surface area contributed by atoms with Crippen molar-refractivity contribution < 1.29 is 4.42 Å². The first-order valence-corrected chi connectivity index (χ1v) is 6.32. The molecule has 0 radical (unpaired) electrons. The molecule has 0 saturated heterocycles. The van der Waals surface area contributed by atoms with Crippen molar-refractivity contribution in [3.8, 4) is 0 Å². The van der Waals surface area contributed by atoms with Gasteiger partial charge in [-0.3, -0.25) is 4.99 Å². The Balaban J connectivity index is 1.94. The van der Waals surface area contributed by atoms with Gasteiger partial charge in [0.05, 0.1) is 5.69 Å². The number of benzene rings is 2. The van der Waals surface area contributed by atoms with Gasteiger partial charge in [-0.2, -0.15) is 0 Å². The number of furan rings is 1. The summed E-state index contributed by atoms with van der Waals surface area (Å²) in [5.74, 6) is 1.82. The van der Waals surface area contributed by atoms with Crippen LogP contribution >= 0.6 is 0 Å². The summed E-state index contributed by atoms with van der Waals surface area (Å²) in [5.41, 5.74) is 1.99. The van der Waals surface area contributed by atoms with Crippen molar-refractivity contribution in [3.63, 3.8) is 0 Å². The first-order valence-electron chi connectivity index (χ1n) is 6.32. The van der Waals surface area contributed by atoms with Crippen molar-refractivity contribution in [1.82, 2.24) is 0 Å². The Hall–Kier alpha value is -2.35. The van der Waals surface area contributed by atoms with Crippen LogP contribution in [0.4, 0.5) is 5.69 Å². The van der Waals surface area contributed by atoms with E-state index in [1.54, 1.807) is 0 Å². The van der Waals surface area contributed by atoms with E-state index in [1.165, 1.54) is 10.8 Å². The van der Waals surface area contributed by atoms with E-state index in [0.717, 1.165) is 22.8 Å². The van der Waals surface area contributed by atoms with Crippen LogP contribution in [-0.4, -0.2) is 6.21 Å². The second kappa shape index (κ2) is 4.73. The molecule has 2 nitrogen and oxygen atoms in total. The Morgan fingerprint density at radius 2 is 1.74 bits per heavy atom. The van der Waals surface area contributed by atoms with E-state index < -0.39 is 0 Å². The topological polar surface area (TPSA) is 25.5 Å². The molecule has 3 aromatic rings. The molecule has 0 unspecified atom stereocenters. The number of aliphatic imine (C=N–C) groups is 1. The van der Waals surface area contributed by atoms with E-state index in [0.29, 0.717) is 0 Å². The maximum atomic E-state index is 5.48. The molecule has 0 amide bonds. The zero-order valence-electron chi connectivity index (χ0n) is 11.1. The lowest BCUT2D eigenvalue weighted by atomic mass is 10.1. The van der Waals surface area contributed by atoms with E-state index in [9.17, 15) is 0 Å². The van der Waals surface area contributed by atoms with E-state index in [2.05, 4.69) is 29.3 Å². The molecule has 0 N–H and O–H groups in total. The minimum absolute atomic E-state index is 0.905. The largest absolute Gasteiger partial charge is 0.466 e. The molecule has 19 heavy (non-hydrogen) atoms. The van der Waals surface area contributed by atoms with Gasteiger partial charge in [0, 0.05) is 11.8 Å². The molecule has 2 aromatic carbocycles. The van der Waals surface area contributed by atoms with E-state index in [-0.39, 0.29) is 0 Å². The standard InChI is InChI=1S/C17H15NO/c1-12-9-16(13(2)19-12)11-18-17-8-7-14-5-3-4-6-15(14)10-17/h3-11H,1-2H3. The molecular formula is C17H15NO. The summed E-state index contributed by atoms with van der Waals surface area (Å²) in [6, 6.07) is 16.5.